The second-order valence-corrected chi connectivity index (χ2v) is 9.71. The topological polar surface area (TPSA) is 66.5 Å². The fraction of sp³-hybridized carbons (Fsp3) is 0.450. The number of carbonyl (C=O) groups excluding carboxylic acids is 1. The number of carbonyl (C=O) groups is 1. The first-order chi connectivity index (χ1) is 12.4. The van der Waals surface area contributed by atoms with Crippen LogP contribution in [-0.2, 0) is 27.5 Å². The maximum absolute atomic E-state index is 12.8. The van der Waals surface area contributed by atoms with Crippen LogP contribution in [-0.4, -0.2) is 49.9 Å². The highest BCUT2D eigenvalue weighted by Gasteiger charge is 2.34. The Morgan fingerprint density at radius 2 is 1.92 bits per heavy atom. The van der Waals surface area contributed by atoms with Crippen molar-refractivity contribution < 1.29 is 13.2 Å². The first-order valence-corrected chi connectivity index (χ1v) is 10.9. The van der Waals surface area contributed by atoms with Crippen LogP contribution in [0.25, 0.3) is 10.8 Å². The summed E-state index contributed by atoms with van der Waals surface area (Å²) in [6.45, 7) is 1.84. The highest BCUT2D eigenvalue weighted by Crippen LogP contribution is 2.35. The van der Waals surface area contributed by atoms with Crippen molar-refractivity contribution in [1.29, 1.82) is 0 Å². The van der Waals surface area contributed by atoms with E-state index in [0.717, 1.165) is 23.9 Å². The summed E-state index contributed by atoms with van der Waals surface area (Å²) in [5, 5.41) is 5.82. The predicted molar refractivity (Wildman–Crippen MR) is 104 cm³/mol. The van der Waals surface area contributed by atoms with Gasteiger partial charge in [0, 0.05) is 24.2 Å². The number of hydrogen-bond acceptors (Lipinski definition) is 4. The van der Waals surface area contributed by atoms with Gasteiger partial charge >= 0.3 is 0 Å². The summed E-state index contributed by atoms with van der Waals surface area (Å²) in [6, 6.07) is 9.90. The number of hydrogen-bond donors (Lipinski definition) is 1. The summed E-state index contributed by atoms with van der Waals surface area (Å²) in [5.74, 6) is 0.171. The van der Waals surface area contributed by atoms with Gasteiger partial charge in [-0.2, -0.15) is 0 Å². The van der Waals surface area contributed by atoms with Crippen molar-refractivity contribution in [2.45, 2.75) is 38.3 Å². The molecule has 2 aliphatic rings. The van der Waals surface area contributed by atoms with E-state index in [2.05, 4.69) is 35.6 Å². The zero-order valence-electron chi connectivity index (χ0n) is 15.2. The van der Waals surface area contributed by atoms with Gasteiger partial charge in [0.05, 0.1) is 11.5 Å². The molecule has 138 valence electrons. The minimum atomic E-state index is -3.00. The Hall–Kier alpha value is -2.08. The van der Waals surface area contributed by atoms with Crippen molar-refractivity contribution in [3.63, 3.8) is 0 Å². The maximum atomic E-state index is 12.8. The van der Waals surface area contributed by atoms with Gasteiger partial charge in [0.1, 0.15) is 6.04 Å². The average molecular weight is 372 g/mol. The minimum Gasteiger partial charge on any atom is -0.373 e. The van der Waals surface area contributed by atoms with E-state index in [1.165, 1.54) is 16.5 Å². The van der Waals surface area contributed by atoms with Crippen molar-refractivity contribution in [3.05, 3.63) is 41.5 Å². The number of anilines is 1. The molecule has 0 saturated carbocycles. The van der Waals surface area contributed by atoms with Gasteiger partial charge in [-0.1, -0.05) is 24.3 Å². The second-order valence-electron chi connectivity index (χ2n) is 7.48. The van der Waals surface area contributed by atoms with Crippen LogP contribution in [0.5, 0.6) is 0 Å². The predicted octanol–water partition coefficient (Wildman–Crippen LogP) is 2.38. The summed E-state index contributed by atoms with van der Waals surface area (Å²) < 4.78 is 23.4. The van der Waals surface area contributed by atoms with Gasteiger partial charge < -0.3 is 10.2 Å². The van der Waals surface area contributed by atoms with Gasteiger partial charge in [0.25, 0.3) is 0 Å². The van der Waals surface area contributed by atoms with E-state index in [0.29, 0.717) is 6.42 Å². The van der Waals surface area contributed by atoms with Crippen LogP contribution in [0.4, 0.5) is 5.69 Å². The Bertz CT molecular complexity index is 974. The van der Waals surface area contributed by atoms with Crippen LogP contribution in [0.2, 0.25) is 0 Å². The van der Waals surface area contributed by atoms with Crippen molar-refractivity contribution in [1.82, 2.24) is 4.90 Å². The number of sulfone groups is 1. The van der Waals surface area contributed by atoms with Crippen molar-refractivity contribution in [2.24, 2.45) is 0 Å². The maximum Gasteiger partial charge on any atom is 0.244 e. The number of benzene rings is 2. The van der Waals surface area contributed by atoms with E-state index in [4.69, 9.17) is 0 Å². The Morgan fingerprint density at radius 1 is 1.19 bits per heavy atom. The molecule has 0 spiro atoms. The zero-order chi connectivity index (χ0) is 18.5. The summed E-state index contributed by atoms with van der Waals surface area (Å²) in [5.41, 5.74) is 3.70. The van der Waals surface area contributed by atoms with Crippen LogP contribution >= 0.6 is 0 Å². The zero-order valence-corrected chi connectivity index (χ0v) is 16.0. The van der Waals surface area contributed by atoms with Crippen molar-refractivity contribution >= 4 is 32.2 Å². The Balaban J connectivity index is 1.54. The molecule has 5 nitrogen and oxygen atoms in total. The van der Waals surface area contributed by atoms with Crippen LogP contribution in [0.1, 0.15) is 24.5 Å². The van der Waals surface area contributed by atoms with E-state index in [9.17, 15) is 13.2 Å². The van der Waals surface area contributed by atoms with Gasteiger partial charge in [0.2, 0.25) is 5.91 Å². The molecule has 0 aromatic heterocycles. The highest BCUT2D eigenvalue weighted by molar-refractivity contribution is 7.91. The van der Waals surface area contributed by atoms with E-state index >= 15 is 0 Å². The van der Waals surface area contributed by atoms with Crippen molar-refractivity contribution in [3.8, 4) is 0 Å². The van der Waals surface area contributed by atoms with Gasteiger partial charge in [-0.15, -0.1) is 0 Å². The molecule has 1 heterocycles. The number of nitrogens with one attached hydrogen (secondary N) is 1. The lowest BCUT2D eigenvalue weighted by Crippen LogP contribution is -2.45. The fourth-order valence-corrected chi connectivity index (χ4v) is 6.01. The summed E-state index contributed by atoms with van der Waals surface area (Å²) in [7, 11) is -1.30. The van der Waals surface area contributed by atoms with Gasteiger partial charge in [-0.05, 0) is 48.8 Å². The van der Waals surface area contributed by atoms with E-state index < -0.39 is 15.9 Å². The third-order valence-electron chi connectivity index (χ3n) is 5.72. The first-order valence-electron chi connectivity index (χ1n) is 9.13. The molecule has 1 amide bonds. The molecule has 0 bridgehead atoms. The minimum absolute atomic E-state index is 0.0724. The smallest absolute Gasteiger partial charge is 0.244 e. The molecule has 0 radical (unpaired) electrons. The molecule has 6 heteroatoms. The van der Waals surface area contributed by atoms with Gasteiger partial charge in [-0.25, -0.2) is 8.42 Å². The lowest BCUT2D eigenvalue weighted by atomic mass is 10.0. The van der Waals surface area contributed by atoms with E-state index in [1.807, 2.05) is 6.92 Å². The fourth-order valence-electron chi connectivity index (χ4n) is 4.23. The normalized spacial score (nSPS) is 21.7. The molecular weight excluding hydrogens is 348 g/mol. The lowest BCUT2D eigenvalue weighted by molar-refractivity contribution is -0.131. The van der Waals surface area contributed by atoms with Crippen LogP contribution in [0, 0.1) is 0 Å². The largest absolute Gasteiger partial charge is 0.373 e. The molecule has 2 unspecified atom stereocenters. The second kappa shape index (κ2) is 6.27. The number of nitrogens with zero attached hydrogens (tertiary/aromatic N) is 1. The van der Waals surface area contributed by atoms with E-state index in [-0.39, 0.29) is 23.5 Å². The third-order valence-corrected chi connectivity index (χ3v) is 7.47. The molecule has 1 aliphatic heterocycles. The standard InChI is InChI=1S/C20H24N2O3S/c1-13(20(23)22(2)16-10-11-26(24,25)12-16)21-18-9-8-15-7-6-14-4-3-5-17(18)19(14)15/h3-5,8-9,13,16,21H,6-7,10-12H2,1-2H3. The molecule has 2 atom stereocenters. The Labute approximate surface area is 154 Å². The molecule has 1 fully saturated rings. The van der Waals surface area contributed by atoms with Gasteiger partial charge in [-0.3, -0.25) is 4.79 Å². The first kappa shape index (κ1) is 17.3. The molecule has 1 saturated heterocycles. The molecule has 2 aromatic rings. The third kappa shape index (κ3) is 2.96. The number of likely N-dealkylation sites (N-methyl/N-ethyl adjacent to an activating group) is 1. The quantitative estimate of drug-likeness (QED) is 0.895. The highest BCUT2D eigenvalue weighted by atomic mass is 32.2. The molecule has 4 rings (SSSR count). The van der Waals surface area contributed by atoms with Crippen LogP contribution < -0.4 is 5.32 Å². The molecule has 26 heavy (non-hydrogen) atoms. The molecule has 1 N–H and O–H groups in total. The van der Waals surface area contributed by atoms with Gasteiger partial charge in [0.15, 0.2) is 9.84 Å². The number of rotatable bonds is 4. The molecule has 1 aliphatic carbocycles. The summed E-state index contributed by atoms with van der Waals surface area (Å²) in [6.07, 6.45) is 2.67. The van der Waals surface area contributed by atoms with E-state index in [1.54, 1.807) is 11.9 Å². The van der Waals surface area contributed by atoms with Crippen LogP contribution in [0.3, 0.4) is 0 Å². The number of amides is 1. The monoisotopic (exact) mass is 372 g/mol. The Kier molecular flexibility index (Phi) is 4.18. The molecule has 2 aromatic carbocycles. The number of aryl methyl sites for hydroxylation is 2. The van der Waals surface area contributed by atoms with Crippen molar-refractivity contribution in [2.75, 3.05) is 23.9 Å². The Morgan fingerprint density at radius 3 is 2.62 bits per heavy atom. The van der Waals surface area contributed by atoms with Crippen LogP contribution in [0.15, 0.2) is 30.3 Å². The molecular formula is C20H24N2O3S. The summed E-state index contributed by atoms with van der Waals surface area (Å²) >= 11 is 0. The SMILES string of the molecule is CC(Nc1ccc2c3c(cccc13)CC2)C(=O)N(C)C1CCS(=O)(=O)C1. The average Bonchev–Trinajstić information content (AvgIpc) is 3.20. The summed E-state index contributed by atoms with van der Waals surface area (Å²) in [4.78, 5) is 14.4. The lowest BCUT2D eigenvalue weighted by Gasteiger charge is -2.27.